The smallest absolute Gasteiger partial charge is 0.246 e. The molecule has 10 heteroatoms. The van der Waals surface area contributed by atoms with Gasteiger partial charge in [-0.25, -0.2) is 30.3 Å². The summed E-state index contributed by atoms with van der Waals surface area (Å²) in [5.74, 6) is -2.66. The van der Waals surface area contributed by atoms with Crippen molar-refractivity contribution in [1.29, 1.82) is 0 Å². The Hall–Kier alpha value is -1.26. The summed E-state index contributed by atoms with van der Waals surface area (Å²) >= 11 is 0. The van der Waals surface area contributed by atoms with Gasteiger partial charge in [-0.15, -0.1) is 0 Å². The third-order valence-corrected chi connectivity index (χ3v) is 7.00. The lowest BCUT2D eigenvalue weighted by Crippen LogP contribution is -2.35. The first-order chi connectivity index (χ1) is 9.63. The highest BCUT2D eigenvalue weighted by Gasteiger charge is 2.33. The van der Waals surface area contributed by atoms with Crippen molar-refractivity contribution >= 4 is 25.5 Å². The highest BCUT2D eigenvalue weighted by molar-refractivity contribution is 7.92. The summed E-state index contributed by atoms with van der Waals surface area (Å²) in [5, 5.41) is -0.868. The predicted molar refractivity (Wildman–Crippen MR) is 72.8 cm³/mol. The van der Waals surface area contributed by atoms with Crippen molar-refractivity contribution in [3.8, 4) is 0 Å². The maximum absolute atomic E-state index is 13.6. The first kappa shape index (κ1) is 16.1. The quantitative estimate of drug-likeness (QED) is 0.772. The van der Waals surface area contributed by atoms with Crippen molar-refractivity contribution in [1.82, 2.24) is 4.72 Å². The fourth-order valence-corrected chi connectivity index (χ4v) is 5.27. The highest BCUT2D eigenvalue weighted by Crippen LogP contribution is 2.23. The average molecular weight is 340 g/mol. The molecule has 0 aliphatic carbocycles. The van der Waals surface area contributed by atoms with E-state index in [-0.39, 0.29) is 11.4 Å². The number of rotatable bonds is 4. The van der Waals surface area contributed by atoms with Crippen molar-refractivity contribution in [2.75, 3.05) is 18.0 Å². The van der Waals surface area contributed by atoms with Crippen LogP contribution in [0.5, 0.6) is 0 Å². The van der Waals surface area contributed by atoms with Gasteiger partial charge in [-0.3, -0.25) is 0 Å². The molecule has 1 atom stereocenters. The molecule has 2 rings (SSSR count). The first-order valence-electron chi connectivity index (χ1n) is 6.09. The second-order valence-corrected chi connectivity index (χ2v) is 8.90. The van der Waals surface area contributed by atoms with Gasteiger partial charge in [0.25, 0.3) is 0 Å². The summed E-state index contributed by atoms with van der Waals surface area (Å²) in [5.41, 5.74) is 4.96. The standard InChI is InChI=1S/C11H14F2N2O4S2/c12-9-4-7(14)5-10(13)11(9)21(18,19)15-6-8-2-1-3-20(8,16)17/h4-5,8,15H,1-3,6,14H2. The van der Waals surface area contributed by atoms with E-state index in [2.05, 4.69) is 0 Å². The molecule has 1 aliphatic rings. The normalized spacial score (nSPS) is 21.5. The van der Waals surface area contributed by atoms with E-state index >= 15 is 0 Å². The topological polar surface area (TPSA) is 106 Å². The van der Waals surface area contributed by atoms with Crippen LogP contribution in [-0.4, -0.2) is 34.4 Å². The van der Waals surface area contributed by atoms with Crippen LogP contribution >= 0.6 is 0 Å². The Morgan fingerprint density at radius 3 is 2.33 bits per heavy atom. The Balaban J connectivity index is 2.24. The summed E-state index contributed by atoms with van der Waals surface area (Å²) in [7, 11) is -7.85. The molecule has 0 spiro atoms. The Morgan fingerprint density at radius 1 is 1.29 bits per heavy atom. The minimum atomic E-state index is -4.50. The fourth-order valence-electron chi connectivity index (χ4n) is 2.20. The number of halogens is 2. The molecule has 0 saturated carbocycles. The van der Waals surface area contributed by atoms with E-state index in [1.54, 1.807) is 0 Å². The van der Waals surface area contributed by atoms with Gasteiger partial charge in [-0.1, -0.05) is 0 Å². The summed E-state index contributed by atoms with van der Waals surface area (Å²) in [6, 6.07) is 1.37. The summed E-state index contributed by atoms with van der Waals surface area (Å²) < 4.78 is 76.2. The molecule has 21 heavy (non-hydrogen) atoms. The molecule has 1 heterocycles. The van der Waals surface area contributed by atoms with Crippen molar-refractivity contribution in [2.45, 2.75) is 23.0 Å². The molecule has 0 bridgehead atoms. The molecule has 0 aromatic heterocycles. The van der Waals surface area contributed by atoms with Gasteiger partial charge in [0.2, 0.25) is 10.0 Å². The number of benzene rings is 1. The molecule has 1 aromatic rings. The minimum absolute atomic E-state index is 0.00993. The van der Waals surface area contributed by atoms with Gasteiger partial charge in [0.05, 0.1) is 11.0 Å². The number of nitrogens with two attached hydrogens (primary N) is 1. The Labute approximate surface area is 121 Å². The minimum Gasteiger partial charge on any atom is -0.399 e. The van der Waals surface area contributed by atoms with E-state index in [1.165, 1.54) is 0 Å². The molecule has 1 fully saturated rings. The average Bonchev–Trinajstić information content (AvgIpc) is 2.64. The van der Waals surface area contributed by atoms with E-state index in [0.29, 0.717) is 25.0 Å². The largest absolute Gasteiger partial charge is 0.399 e. The van der Waals surface area contributed by atoms with Crippen LogP contribution in [-0.2, 0) is 19.9 Å². The molecular formula is C11H14F2N2O4S2. The van der Waals surface area contributed by atoms with Crippen molar-refractivity contribution < 1.29 is 25.6 Å². The van der Waals surface area contributed by atoms with E-state index in [1.807, 2.05) is 4.72 Å². The molecule has 0 radical (unpaired) electrons. The third-order valence-electron chi connectivity index (χ3n) is 3.25. The van der Waals surface area contributed by atoms with Crippen LogP contribution in [0.15, 0.2) is 17.0 Å². The monoisotopic (exact) mass is 340 g/mol. The SMILES string of the molecule is Nc1cc(F)c(S(=O)(=O)NCC2CCCS2(=O)=O)c(F)c1. The van der Waals surface area contributed by atoms with Crippen LogP contribution in [0.1, 0.15) is 12.8 Å². The zero-order valence-electron chi connectivity index (χ0n) is 10.8. The Morgan fingerprint density at radius 2 is 1.86 bits per heavy atom. The van der Waals surface area contributed by atoms with Crippen molar-refractivity contribution in [3.63, 3.8) is 0 Å². The van der Waals surface area contributed by atoms with Crippen molar-refractivity contribution in [2.24, 2.45) is 0 Å². The van der Waals surface area contributed by atoms with E-state index in [9.17, 15) is 25.6 Å². The van der Waals surface area contributed by atoms with Gasteiger partial charge in [-0.2, -0.15) is 0 Å². The van der Waals surface area contributed by atoms with Gasteiger partial charge in [0.15, 0.2) is 14.7 Å². The number of hydrogen-bond acceptors (Lipinski definition) is 5. The molecule has 3 N–H and O–H groups in total. The number of anilines is 1. The van der Waals surface area contributed by atoms with Gasteiger partial charge < -0.3 is 5.73 Å². The van der Waals surface area contributed by atoms with Crippen LogP contribution < -0.4 is 10.5 Å². The summed E-state index contributed by atoms with van der Waals surface area (Å²) in [4.78, 5) is -1.16. The predicted octanol–water partition coefficient (Wildman–Crippen LogP) is 0.402. The summed E-state index contributed by atoms with van der Waals surface area (Å²) in [6.07, 6.45) is 0.761. The Kier molecular flexibility index (Phi) is 4.22. The van der Waals surface area contributed by atoms with E-state index in [0.717, 1.165) is 0 Å². The lowest BCUT2D eigenvalue weighted by Gasteiger charge is -2.12. The molecule has 118 valence electrons. The maximum atomic E-state index is 13.6. The molecular weight excluding hydrogens is 326 g/mol. The highest BCUT2D eigenvalue weighted by atomic mass is 32.2. The number of nitrogen functional groups attached to an aromatic ring is 1. The van der Waals surface area contributed by atoms with Crippen LogP contribution in [0.25, 0.3) is 0 Å². The molecule has 6 nitrogen and oxygen atoms in total. The lowest BCUT2D eigenvalue weighted by molar-refractivity contribution is 0.514. The zero-order chi connectivity index (χ0) is 15.8. The van der Waals surface area contributed by atoms with Crippen LogP contribution in [0.3, 0.4) is 0 Å². The number of sulfonamides is 1. The fraction of sp³-hybridized carbons (Fsp3) is 0.455. The van der Waals surface area contributed by atoms with Crippen LogP contribution in [0, 0.1) is 11.6 Å². The van der Waals surface area contributed by atoms with Gasteiger partial charge in [0, 0.05) is 12.2 Å². The second-order valence-electron chi connectivity index (χ2n) is 4.80. The summed E-state index contributed by atoms with van der Waals surface area (Å²) in [6.45, 7) is -0.409. The second kappa shape index (κ2) is 5.50. The first-order valence-corrected chi connectivity index (χ1v) is 9.29. The molecule has 1 aromatic carbocycles. The number of sulfone groups is 1. The number of hydrogen-bond donors (Lipinski definition) is 2. The lowest BCUT2D eigenvalue weighted by atomic mass is 10.2. The maximum Gasteiger partial charge on any atom is 0.246 e. The molecule has 1 unspecified atom stereocenters. The van der Waals surface area contributed by atoms with Crippen LogP contribution in [0.4, 0.5) is 14.5 Å². The van der Waals surface area contributed by atoms with Gasteiger partial charge in [-0.05, 0) is 25.0 Å². The third kappa shape index (κ3) is 3.33. The van der Waals surface area contributed by atoms with Crippen LogP contribution in [0.2, 0.25) is 0 Å². The molecule has 1 saturated heterocycles. The van der Waals surface area contributed by atoms with Gasteiger partial charge >= 0.3 is 0 Å². The number of nitrogens with one attached hydrogen (secondary N) is 1. The molecule has 1 aliphatic heterocycles. The van der Waals surface area contributed by atoms with E-state index < -0.39 is 48.2 Å². The van der Waals surface area contributed by atoms with Crippen molar-refractivity contribution in [3.05, 3.63) is 23.8 Å². The zero-order valence-corrected chi connectivity index (χ0v) is 12.5. The van der Waals surface area contributed by atoms with Gasteiger partial charge in [0.1, 0.15) is 11.6 Å². The Bertz CT molecular complexity index is 739. The molecule has 0 amide bonds. The van der Waals surface area contributed by atoms with E-state index in [4.69, 9.17) is 5.73 Å².